The number of rotatable bonds is 5. The van der Waals surface area contributed by atoms with Crippen molar-refractivity contribution in [1.82, 2.24) is 0 Å². The summed E-state index contributed by atoms with van der Waals surface area (Å²) in [6, 6.07) is 17.7. The van der Waals surface area contributed by atoms with Gasteiger partial charge in [0.25, 0.3) is 15.9 Å². The Morgan fingerprint density at radius 2 is 1.56 bits per heavy atom. The summed E-state index contributed by atoms with van der Waals surface area (Å²) in [5.41, 5.74) is 1.30. The van der Waals surface area contributed by atoms with Crippen molar-refractivity contribution in [2.45, 2.75) is 4.90 Å². The van der Waals surface area contributed by atoms with Crippen LogP contribution in [0, 0.1) is 5.82 Å². The summed E-state index contributed by atoms with van der Waals surface area (Å²) in [5, 5.41) is 2.75. The van der Waals surface area contributed by atoms with Gasteiger partial charge in [0.05, 0.1) is 4.90 Å². The molecule has 0 bridgehead atoms. The molecule has 3 aromatic rings. The maximum atomic E-state index is 12.9. The number of carbonyl (C=O) groups excluding carboxylic acids is 1. The third-order valence-corrected chi connectivity index (χ3v) is 5.50. The van der Waals surface area contributed by atoms with Crippen LogP contribution in [0.3, 0.4) is 0 Å². The topological polar surface area (TPSA) is 75.3 Å². The number of sulfonamides is 1. The average molecular weight is 449 g/mol. The first-order valence-corrected chi connectivity index (χ1v) is 10.1. The molecule has 0 aliphatic carbocycles. The Labute approximate surface area is 164 Å². The Morgan fingerprint density at radius 1 is 0.889 bits per heavy atom. The molecule has 0 saturated heterocycles. The molecule has 0 saturated carbocycles. The number of halogens is 2. The molecule has 3 rings (SSSR count). The lowest BCUT2D eigenvalue weighted by Gasteiger charge is -2.09. The van der Waals surface area contributed by atoms with Gasteiger partial charge in [-0.2, -0.15) is 0 Å². The van der Waals surface area contributed by atoms with Crippen molar-refractivity contribution in [1.29, 1.82) is 0 Å². The molecular weight excluding hydrogens is 435 g/mol. The SMILES string of the molecule is O=C(Nc1cccc(Br)c1)c1ccc(NS(=O)(=O)c2ccc(F)cc2)cc1. The van der Waals surface area contributed by atoms with Crippen molar-refractivity contribution in [3.63, 3.8) is 0 Å². The maximum Gasteiger partial charge on any atom is 0.261 e. The van der Waals surface area contributed by atoms with E-state index in [-0.39, 0.29) is 10.8 Å². The van der Waals surface area contributed by atoms with Gasteiger partial charge in [-0.15, -0.1) is 0 Å². The lowest BCUT2D eigenvalue weighted by molar-refractivity contribution is 0.102. The predicted octanol–water partition coefficient (Wildman–Crippen LogP) is 4.64. The molecule has 2 N–H and O–H groups in total. The molecule has 138 valence electrons. The highest BCUT2D eigenvalue weighted by molar-refractivity contribution is 9.10. The zero-order valence-corrected chi connectivity index (χ0v) is 16.2. The second-order valence-corrected chi connectivity index (χ2v) is 8.20. The van der Waals surface area contributed by atoms with Gasteiger partial charge in [-0.3, -0.25) is 9.52 Å². The van der Waals surface area contributed by atoms with Crippen molar-refractivity contribution >= 4 is 43.2 Å². The summed E-state index contributed by atoms with van der Waals surface area (Å²) in [5.74, 6) is -0.837. The van der Waals surface area contributed by atoms with Crippen LogP contribution in [0.15, 0.2) is 82.2 Å². The van der Waals surface area contributed by atoms with Crippen molar-refractivity contribution < 1.29 is 17.6 Å². The largest absolute Gasteiger partial charge is 0.322 e. The van der Waals surface area contributed by atoms with E-state index < -0.39 is 15.8 Å². The molecule has 3 aromatic carbocycles. The van der Waals surface area contributed by atoms with Gasteiger partial charge in [0.15, 0.2) is 0 Å². The van der Waals surface area contributed by atoms with Crippen molar-refractivity contribution in [2.24, 2.45) is 0 Å². The second-order valence-electron chi connectivity index (χ2n) is 5.60. The number of benzene rings is 3. The summed E-state index contributed by atoms with van der Waals surface area (Å²) in [6.07, 6.45) is 0. The first-order chi connectivity index (χ1) is 12.8. The quantitative estimate of drug-likeness (QED) is 0.596. The number of amides is 1. The molecule has 0 radical (unpaired) electrons. The van der Waals surface area contributed by atoms with E-state index in [1.165, 1.54) is 36.4 Å². The van der Waals surface area contributed by atoms with Gasteiger partial charge >= 0.3 is 0 Å². The number of carbonyl (C=O) groups is 1. The summed E-state index contributed by atoms with van der Waals surface area (Å²) >= 11 is 3.33. The Hall–Kier alpha value is -2.71. The summed E-state index contributed by atoms with van der Waals surface area (Å²) in [4.78, 5) is 12.2. The van der Waals surface area contributed by atoms with E-state index >= 15 is 0 Å². The van der Waals surface area contributed by atoms with Crippen LogP contribution in [0.4, 0.5) is 15.8 Å². The van der Waals surface area contributed by atoms with Crippen LogP contribution >= 0.6 is 15.9 Å². The second kappa shape index (κ2) is 7.89. The fraction of sp³-hybridized carbons (Fsp3) is 0. The minimum absolute atomic E-state index is 0.0552. The highest BCUT2D eigenvalue weighted by Gasteiger charge is 2.14. The summed E-state index contributed by atoms with van der Waals surface area (Å²) < 4.78 is 40.7. The Morgan fingerprint density at radius 3 is 2.19 bits per heavy atom. The first kappa shape index (κ1) is 19.1. The van der Waals surface area contributed by atoms with Crippen LogP contribution < -0.4 is 10.0 Å². The molecule has 0 aromatic heterocycles. The van der Waals surface area contributed by atoms with Crippen LogP contribution in [0.5, 0.6) is 0 Å². The van der Waals surface area contributed by atoms with Gasteiger partial charge < -0.3 is 5.32 Å². The van der Waals surface area contributed by atoms with Crippen LogP contribution in [-0.4, -0.2) is 14.3 Å². The van der Waals surface area contributed by atoms with Crippen LogP contribution in [0.25, 0.3) is 0 Å². The molecule has 27 heavy (non-hydrogen) atoms. The average Bonchev–Trinajstić information content (AvgIpc) is 2.62. The van der Waals surface area contributed by atoms with E-state index in [0.29, 0.717) is 16.9 Å². The lowest BCUT2D eigenvalue weighted by atomic mass is 10.2. The Kier molecular flexibility index (Phi) is 5.57. The molecular formula is C19H14BrFN2O3S. The monoisotopic (exact) mass is 448 g/mol. The van der Waals surface area contributed by atoms with Gasteiger partial charge in [0, 0.05) is 21.4 Å². The number of nitrogens with one attached hydrogen (secondary N) is 2. The van der Waals surface area contributed by atoms with Crippen LogP contribution in [0.2, 0.25) is 0 Å². The normalized spacial score (nSPS) is 11.0. The van der Waals surface area contributed by atoms with E-state index in [1.807, 2.05) is 6.07 Å². The van der Waals surface area contributed by atoms with E-state index in [2.05, 4.69) is 26.0 Å². The highest BCUT2D eigenvalue weighted by Crippen LogP contribution is 2.19. The maximum absolute atomic E-state index is 12.9. The third kappa shape index (κ3) is 4.93. The Bertz CT molecular complexity index is 1070. The Balaban J connectivity index is 1.71. The minimum Gasteiger partial charge on any atom is -0.322 e. The van der Waals surface area contributed by atoms with E-state index in [9.17, 15) is 17.6 Å². The van der Waals surface area contributed by atoms with Gasteiger partial charge in [-0.1, -0.05) is 22.0 Å². The molecule has 0 atom stereocenters. The summed E-state index contributed by atoms with van der Waals surface area (Å²) in [6.45, 7) is 0. The molecule has 0 spiro atoms. The number of hydrogen-bond donors (Lipinski definition) is 2. The van der Waals surface area contributed by atoms with Gasteiger partial charge in [-0.05, 0) is 66.7 Å². The summed E-state index contributed by atoms with van der Waals surface area (Å²) in [7, 11) is -3.84. The number of hydrogen-bond acceptors (Lipinski definition) is 3. The molecule has 1 amide bonds. The molecule has 8 heteroatoms. The van der Waals surface area contributed by atoms with Gasteiger partial charge in [0.1, 0.15) is 5.82 Å². The molecule has 5 nitrogen and oxygen atoms in total. The smallest absolute Gasteiger partial charge is 0.261 e. The van der Waals surface area contributed by atoms with E-state index in [1.54, 1.807) is 18.2 Å². The molecule has 0 fully saturated rings. The molecule has 0 aliphatic rings. The predicted molar refractivity (Wildman–Crippen MR) is 106 cm³/mol. The van der Waals surface area contributed by atoms with Crippen LogP contribution in [-0.2, 0) is 10.0 Å². The van der Waals surface area contributed by atoms with Crippen molar-refractivity contribution in [3.8, 4) is 0 Å². The van der Waals surface area contributed by atoms with Gasteiger partial charge in [-0.25, -0.2) is 12.8 Å². The van der Waals surface area contributed by atoms with Gasteiger partial charge in [0.2, 0.25) is 0 Å². The number of anilines is 2. The fourth-order valence-corrected chi connectivity index (χ4v) is 3.74. The van der Waals surface area contributed by atoms with Crippen molar-refractivity contribution in [3.05, 3.63) is 88.6 Å². The fourth-order valence-electron chi connectivity index (χ4n) is 2.29. The highest BCUT2D eigenvalue weighted by atomic mass is 79.9. The third-order valence-electron chi connectivity index (χ3n) is 3.61. The zero-order valence-electron chi connectivity index (χ0n) is 13.8. The van der Waals surface area contributed by atoms with Crippen molar-refractivity contribution in [2.75, 3.05) is 10.0 Å². The minimum atomic E-state index is -3.84. The lowest BCUT2D eigenvalue weighted by Crippen LogP contribution is -2.14. The molecule has 0 heterocycles. The standard InChI is InChI=1S/C19H14BrFN2O3S/c20-14-2-1-3-17(12-14)22-19(24)13-4-8-16(9-5-13)23-27(25,26)18-10-6-15(21)7-11-18/h1-12,23H,(H,22,24). The molecule has 0 aliphatic heterocycles. The zero-order chi connectivity index (χ0) is 19.4. The van der Waals surface area contributed by atoms with E-state index in [0.717, 1.165) is 16.6 Å². The first-order valence-electron chi connectivity index (χ1n) is 7.79. The van der Waals surface area contributed by atoms with E-state index in [4.69, 9.17) is 0 Å². The van der Waals surface area contributed by atoms with Crippen LogP contribution in [0.1, 0.15) is 10.4 Å². The molecule has 0 unspecified atom stereocenters.